The van der Waals surface area contributed by atoms with Crippen LogP contribution in [0.4, 0.5) is 5.69 Å². The van der Waals surface area contributed by atoms with E-state index in [9.17, 15) is 9.59 Å². The Morgan fingerprint density at radius 1 is 1.00 bits per heavy atom. The van der Waals surface area contributed by atoms with E-state index in [4.69, 9.17) is 0 Å². The molecule has 0 bridgehead atoms. The van der Waals surface area contributed by atoms with E-state index in [-0.39, 0.29) is 0 Å². The van der Waals surface area contributed by atoms with Crippen LogP contribution in [0.1, 0.15) is 10.4 Å². The Balaban J connectivity index is 1.41. The van der Waals surface area contributed by atoms with Crippen molar-refractivity contribution in [2.75, 3.05) is 5.32 Å². The predicted molar refractivity (Wildman–Crippen MR) is 107 cm³/mol. The summed E-state index contributed by atoms with van der Waals surface area (Å²) in [4.78, 5) is 28.2. The Morgan fingerprint density at radius 3 is 2.83 bits per heavy atom. The van der Waals surface area contributed by atoms with Crippen LogP contribution in [-0.4, -0.2) is 36.5 Å². The van der Waals surface area contributed by atoms with Gasteiger partial charge in [-0.15, -0.1) is 10.2 Å². The van der Waals surface area contributed by atoms with Crippen molar-refractivity contribution < 1.29 is 9.59 Å². The van der Waals surface area contributed by atoms with Crippen molar-refractivity contribution in [3.63, 3.8) is 0 Å². The molecule has 0 aliphatic rings. The van der Waals surface area contributed by atoms with E-state index in [2.05, 4.69) is 25.6 Å². The van der Waals surface area contributed by atoms with E-state index in [1.165, 1.54) is 6.33 Å². The van der Waals surface area contributed by atoms with Crippen molar-refractivity contribution in [1.82, 2.24) is 24.8 Å². The highest BCUT2D eigenvalue weighted by atomic mass is 16.2. The Bertz CT molecular complexity index is 1380. The number of para-hydroxylation sites is 1. The highest BCUT2D eigenvalue weighted by Gasteiger charge is 2.20. The molecule has 0 atom stereocenters. The Kier molecular flexibility index (Phi) is 3.87. The van der Waals surface area contributed by atoms with Crippen LogP contribution < -0.4 is 5.32 Å². The van der Waals surface area contributed by atoms with Gasteiger partial charge in [-0.25, -0.2) is 0 Å². The van der Waals surface area contributed by atoms with Gasteiger partial charge < -0.3 is 10.3 Å². The Morgan fingerprint density at radius 2 is 1.90 bits per heavy atom. The predicted octanol–water partition coefficient (Wildman–Crippen LogP) is 3.09. The number of carbonyl (C=O) groups excluding carboxylic acids is 2. The van der Waals surface area contributed by atoms with E-state index >= 15 is 0 Å². The lowest BCUT2D eigenvalue weighted by Gasteiger charge is -2.07. The first-order valence-electron chi connectivity index (χ1n) is 8.88. The maximum atomic E-state index is 12.6. The lowest BCUT2D eigenvalue weighted by atomic mass is 10.1. The van der Waals surface area contributed by atoms with Crippen molar-refractivity contribution in [2.24, 2.45) is 0 Å². The summed E-state index contributed by atoms with van der Waals surface area (Å²) in [6.45, 7) is 0. The Labute approximate surface area is 164 Å². The standard InChI is InChI=1S/C21H14N6O2/c28-20(16-11-22-18-7-2-1-6-15(16)18)21(29)24-14-5-3-4-13(10-14)17-8-9-19-25-23-12-27(19)26-17/h1-12,22H,(H,24,29). The number of nitrogens with one attached hydrogen (secondary N) is 2. The molecule has 1 amide bonds. The molecule has 3 heterocycles. The smallest absolute Gasteiger partial charge is 0.296 e. The molecule has 140 valence electrons. The number of hydrogen-bond acceptors (Lipinski definition) is 5. The maximum absolute atomic E-state index is 12.6. The van der Waals surface area contributed by atoms with Gasteiger partial charge >= 0.3 is 0 Å². The summed E-state index contributed by atoms with van der Waals surface area (Å²) in [5.41, 5.74) is 3.78. The summed E-state index contributed by atoms with van der Waals surface area (Å²) in [7, 11) is 0. The van der Waals surface area contributed by atoms with Crippen molar-refractivity contribution >= 4 is 33.9 Å². The molecule has 0 aliphatic heterocycles. The second-order valence-corrected chi connectivity index (χ2v) is 6.46. The lowest BCUT2D eigenvalue weighted by molar-refractivity contribution is -0.112. The number of aromatic nitrogens is 5. The fourth-order valence-electron chi connectivity index (χ4n) is 3.21. The molecule has 5 rings (SSSR count). The molecule has 29 heavy (non-hydrogen) atoms. The first-order valence-corrected chi connectivity index (χ1v) is 8.88. The summed E-state index contributed by atoms with van der Waals surface area (Å²) in [6.07, 6.45) is 3.08. The molecule has 8 heteroatoms. The first kappa shape index (κ1) is 16.8. The number of fused-ring (bicyclic) bond motifs is 2. The number of carbonyl (C=O) groups is 2. The fourth-order valence-corrected chi connectivity index (χ4v) is 3.21. The average Bonchev–Trinajstić information content (AvgIpc) is 3.39. The van der Waals surface area contributed by atoms with E-state index in [1.54, 1.807) is 41.0 Å². The zero-order chi connectivity index (χ0) is 19.8. The minimum Gasteiger partial charge on any atom is -0.360 e. The molecule has 0 saturated carbocycles. The van der Waals surface area contributed by atoms with E-state index < -0.39 is 11.7 Å². The van der Waals surface area contributed by atoms with Crippen LogP contribution in [0.2, 0.25) is 0 Å². The molecular weight excluding hydrogens is 368 g/mol. The van der Waals surface area contributed by atoms with Gasteiger partial charge in [0.25, 0.3) is 11.7 Å². The van der Waals surface area contributed by atoms with Crippen LogP contribution in [0.25, 0.3) is 27.8 Å². The zero-order valence-corrected chi connectivity index (χ0v) is 15.0. The zero-order valence-electron chi connectivity index (χ0n) is 15.0. The number of hydrogen-bond donors (Lipinski definition) is 2. The molecule has 8 nitrogen and oxygen atoms in total. The van der Waals surface area contributed by atoms with Gasteiger partial charge in [-0.05, 0) is 30.3 Å². The summed E-state index contributed by atoms with van der Waals surface area (Å²) < 4.78 is 1.57. The van der Waals surface area contributed by atoms with Gasteiger partial charge in [0.2, 0.25) is 0 Å². The third-order valence-electron chi connectivity index (χ3n) is 4.62. The molecule has 0 unspecified atom stereocenters. The SMILES string of the molecule is O=C(Nc1cccc(-c2ccc3nncn3n2)c1)C(=O)c1c[nH]c2ccccc12. The fraction of sp³-hybridized carbons (Fsp3) is 0. The highest BCUT2D eigenvalue weighted by molar-refractivity contribution is 6.48. The van der Waals surface area contributed by atoms with Crippen LogP contribution in [0, 0.1) is 0 Å². The summed E-state index contributed by atoms with van der Waals surface area (Å²) >= 11 is 0. The van der Waals surface area contributed by atoms with Gasteiger partial charge in [-0.3, -0.25) is 9.59 Å². The first-order chi connectivity index (χ1) is 14.2. The number of nitrogens with zero attached hydrogens (tertiary/aromatic N) is 4. The normalized spacial score (nSPS) is 11.0. The Hall–Kier alpha value is -4.33. The molecule has 0 aliphatic carbocycles. The van der Waals surface area contributed by atoms with Gasteiger partial charge in [0, 0.05) is 28.4 Å². The van der Waals surface area contributed by atoms with Crippen molar-refractivity contribution in [1.29, 1.82) is 0 Å². The number of aromatic amines is 1. The minimum atomic E-state index is -0.700. The number of anilines is 1. The monoisotopic (exact) mass is 382 g/mol. The second-order valence-electron chi connectivity index (χ2n) is 6.46. The highest BCUT2D eigenvalue weighted by Crippen LogP contribution is 2.22. The molecule has 0 radical (unpaired) electrons. The maximum Gasteiger partial charge on any atom is 0.296 e. The largest absolute Gasteiger partial charge is 0.360 e. The van der Waals surface area contributed by atoms with Crippen LogP contribution in [0.15, 0.2) is 73.2 Å². The molecule has 3 aromatic heterocycles. The summed E-state index contributed by atoms with van der Waals surface area (Å²) in [6, 6.07) is 18.1. The van der Waals surface area contributed by atoms with E-state index in [1.807, 2.05) is 30.3 Å². The third kappa shape index (κ3) is 3.02. The number of ketones is 1. The molecule has 0 spiro atoms. The van der Waals surface area contributed by atoms with Crippen LogP contribution >= 0.6 is 0 Å². The number of rotatable bonds is 4. The summed E-state index contributed by atoms with van der Waals surface area (Å²) in [5, 5.41) is 15.6. The van der Waals surface area contributed by atoms with Gasteiger partial charge in [0.15, 0.2) is 5.65 Å². The number of H-pyrrole nitrogens is 1. The van der Waals surface area contributed by atoms with Crippen molar-refractivity contribution in [2.45, 2.75) is 0 Å². The van der Waals surface area contributed by atoms with Gasteiger partial charge in [0.05, 0.1) is 11.3 Å². The molecule has 2 aromatic carbocycles. The number of benzene rings is 2. The third-order valence-corrected chi connectivity index (χ3v) is 4.62. The van der Waals surface area contributed by atoms with Crippen LogP contribution in [-0.2, 0) is 4.79 Å². The van der Waals surface area contributed by atoms with E-state index in [0.29, 0.717) is 28.0 Å². The van der Waals surface area contributed by atoms with Crippen molar-refractivity contribution in [3.05, 3.63) is 78.8 Å². The molecular formula is C21H14N6O2. The number of Topliss-reactive ketones (excluding diaryl/α,β-unsaturated/α-hetero) is 1. The average molecular weight is 382 g/mol. The number of amides is 1. The van der Waals surface area contributed by atoms with E-state index in [0.717, 1.165) is 11.1 Å². The molecule has 0 fully saturated rings. The molecule has 5 aromatic rings. The van der Waals surface area contributed by atoms with Gasteiger partial charge in [0.1, 0.15) is 6.33 Å². The van der Waals surface area contributed by atoms with Gasteiger partial charge in [-0.1, -0.05) is 30.3 Å². The molecule has 2 N–H and O–H groups in total. The van der Waals surface area contributed by atoms with Crippen molar-refractivity contribution in [3.8, 4) is 11.3 Å². The minimum absolute atomic E-state index is 0.342. The van der Waals surface area contributed by atoms with Gasteiger partial charge in [-0.2, -0.15) is 9.61 Å². The quantitative estimate of drug-likeness (QED) is 0.367. The second kappa shape index (κ2) is 6.68. The lowest BCUT2D eigenvalue weighted by Crippen LogP contribution is -2.22. The van der Waals surface area contributed by atoms with Crippen LogP contribution in [0.3, 0.4) is 0 Å². The summed E-state index contributed by atoms with van der Waals surface area (Å²) in [5.74, 6) is -1.30. The molecule has 0 saturated heterocycles. The van der Waals surface area contributed by atoms with Crippen LogP contribution in [0.5, 0.6) is 0 Å². The topological polar surface area (TPSA) is 105 Å².